The Morgan fingerprint density at radius 2 is 1.76 bits per heavy atom. The molecule has 1 saturated heterocycles. The van der Waals surface area contributed by atoms with Gasteiger partial charge in [-0.2, -0.15) is 0 Å². The number of morpholine rings is 1. The molecule has 0 bridgehead atoms. The van der Waals surface area contributed by atoms with Crippen LogP contribution in [0.3, 0.4) is 0 Å². The molecular formula is C19H21NO5. The SMILES string of the molecule is O=C(O)N1CCOC(COc2ccccc2OCc2ccccc2)C1. The quantitative estimate of drug-likeness (QED) is 0.873. The van der Waals surface area contributed by atoms with Gasteiger partial charge in [0.15, 0.2) is 11.5 Å². The molecule has 2 aromatic rings. The Balaban J connectivity index is 1.56. The summed E-state index contributed by atoms with van der Waals surface area (Å²) in [5, 5.41) is 9.07. The molecule has 3 rings (SSSR count). The number of hydrogen-bond donors (Lipinski definition) is 1. The molecule has 1 unspecified atom stereocenters. The third kappa shape index (κ3) is 4.87. The molecule has 1 atom stereocenters. The summed E-state index contributed by atoms with van der Waals surface area (Å²) in [7, 11) is 0. The predicted molar refractivity (Wildman–Crippen MR) is 92.0 cm³/mol. The van der Waals surface area contributed by atoms with Gasteiger partial charge in [-0.05, 0) is 17.7 Å². The third-order valence-electron chi connectivity index (χ3n) is 3.92. The monoisotopic (exact) mass is 343 g/mol. The number of hydrogen-bond acceptors (Lipinski definition) is 4. The van der Waals surface area contributed by atoms with E-state index in [9.17, 15) is 4.79 Å². The Kier molecular flexibility index (Phi) is 5.74. The van der Waals surface area contributed by atoms with Gasteiger partial charge in [0, 0.05) is 6.54 Å². The molecule has 0 spiro atoms. The molecule has 0 saturated carbocycles. The fourth-order valence-electron chi connectivity index (χ4n) is 2.60. The van der Waals surface area contributed by atoms with Crippen molar-refractivity contribution in [3.63, 3.8) is 0 Å². The van der Waals surface area contributed by atoms with Gasteiger partial charge in [0.25, 0.3) is 0 Å². The van der Waals surface area contributed by atoms with Gasteiger partial charge in [-0.25, -0.2) is 4.79 Å². The zero-order valence-corrected chi connectivity index (χ0v) is 13.8. The highest BCUT2D eigenvalue weighted by atomic mass is 16.5. The van der Waals surface area contributed by atoms with Crippen LogP contribution in [0.1, 0.15) is 5.56 Å². The lowest BCUT2D eigenvalue weighted by molar-refractivity contribution is -0.0415. The summed E-state index contributed by atoms with van der Waals surface area (Å²) in [5.41, 5.74) is 1.07. The van der Waals surface area contributed by atoms with Crippen LogP contribution in [-0.2, 0) is 11.3 Å². The molecule has 1 aliphatic rings. The average Bonchev–Trinajstić information content (AvgIpc) is 2.66. The first-order valence-corrected chi connectivity index (χ1v) is 8.20. The summed E-state index contributed by atoms with van der Waals surface area (Å²) in [5.74, 6) is 1.27. The number of carboxylic acid groups (broad SMARTS) is 1. The summed E-state index contributed by atoms with van der Waals surface area (Å²) >= 11 is 0. The normalized spacial score (nSPS) is 17.1. The van der Waals surface area contributed by atoms with Crippen molar-refractivity contribution >= 4 is 6.09 Å². The molecular weight excluding hydrogens is 322 g/mol. The van der Waals surface area contributed by atoms with E-state index in [1.54, 1.807) is 0 Å². The van der Waals surface area contributed by atoms with Crippen molar-refractivity contribution < 1.29 is 24.1 Å². The summed E-state index contributed by atoms with van der Waals surface area (Å²) in [6.07, 6.45) is -1.22. The molecule has 1 aliphatic heterocycles. The van der Waals surface area contributed by atoms with Crippen molar-refractivity contribution in [2.24, 2.45) is 0 Å². The van der Waals surface area contributed by atoms with Crippen molar-refractivity contribution in [2.45, 2.75) is 12.7 Å². The van der Waals surface area contributed by atoms with Crippen LogP contribution in [0.4, 0.5) is 4.79 Å². The molecule has 0 radical (unpaired) electrons. The minimum absolute atomic E-state index is 0.273. The van der Waals surface area contributed by atoms with Gasteiger partial charge >= 0.3 is 6.09 Å². The Bertz CT molecular complexity index is 691. The predicted octanol–water partition coefficient (Wildman–Crippen LogP) is 3.02. The van der Waals surface area contributed by atoms with Gasteiger partial charge in [-0.1, -0.05) is 42.5 Å². The topological polar surface area (TPSA) is 68.2 Å². The van der Waals surface area contributed by atoms with Crippen molar-refractivity contribution in [3.8, 4) is 11.5 Å². The lowest BCUT2D eigenvalue weighted by Gasteiger charge is -2.30. The van der Waals surface area contributed by atoms with Crippen molar-refractivity contribution in [1.29, 1.82) is 0 Å². The van der Waals surface area contributed by atoms with Crippen molar-refractivity contribution in [2.75, 3.05) is 26.3 Å². The summed E-state index contributed by atoms with van der Waals surface area (Å²) in [6, 6.07) is 17.3. The van der Waals surface area contributed by atoms with Crippen molar-refractivity contribution in [3.05, 3.63) is 60.2 Å². The maximum absolute atomic E-state index is 11.1. The summed E-state index contributed by atoms with van der Waals surface area (Å²) in [6.45, 7) is 1.81. The van der Waals surface area contributed by atoms with Gasteiger partial charge in [-0.3, -0.25) is 0 Å². The maximum atomic E-state index is 11.1. The fraction of sp³-hybridized carbons (Fsp3) is 0.316. The number of amides is 1. The Morgan fingerprint density at radius 3 is 2.48 bits per heavy atom. The van der Waals surface area contributed by atoms with E-state index in [-0.39, 0.29) is 12.7 Å². The van der Waals surface area contributed by atoms with E-state index in [0.29, 0.717) is 37.8 Å². The Labute approximate surface area is 146 Å². The highest BCUT2D eigenvalue weighted by Gasteiger charge is 2.24. The molecule has 1 fully saturated rings. The third-order valence-corrected chi connectivity index (χ3v) is 3.92. The molecule has 1 heterocycles. The molecule has 0 aliphatic carbocycles. The van der Waals surface area contributed by atoms with Crippen LogP contribution in [0.5, 0.6) is 11.5 Å². The Morgan fingerprint density at radius 1 is 1.08 bits per heavy atom. The summed E-state index contributed by atoms with van der Waals surface area (Å²) in [4.78, 5) is 12.4. The van der Waals surface area contributed by atoms with E-state index < -0.39 is 6.09 Å². The van der Waals surface area contributed by atoms with Crippen LogP contribution in [-0.4, -0.2) is 48.5 Å². The highest BCUT2D eigenvalue weighted by Crippen LogP contribution is 2.27. The fourth-order valence-corrected chi connectivity index (χ4v) is 2.60. The second kappa shape index (κ2) is 8.39. The number of para-hydroxylation sites is 2. The Hall–Kier alpha value is -2.73. The zero-order valence-electron chi connectivity index (χ0n) is 13.8. The van der Waals surface area contributed by atoms with E-state index in [1.165, 1.54) is 4.90 Å². The average molecular weight is 343 g/mol. The second-order valence-corrected chi connectivity index (χ2v) is 5.75. The van der Waals surface area contributed by atoms with Crippen LogP contribution in [0, 0.1) is 0 Å². The van der Waals surface area contributed by atoms with Crippen LogP contribution in [0.15, 0.2) is 54.6 Å². The number of ether oxygens (including phenoxy) is 3. The van der Waals surface area contributed by atoms with E-state index in [1.807, 2.05) is 54.6 Å². The second-order valence-electron chi connectivity index (χ2n) is 5.75. The molecule has 1 amide bonds. The van der Waals surface area contributed by atoms with Gasteiger partial charge in [0.1, 0.15) is 19.3 Å². The molecule has 2 aromatic carbocycles. The number of benzene rings is 2. The molecule has 6 nitrogen and oxygen atoms in total. The van der Waals surface area contributed by atoms with Crippen LogP contribution >= 0.6 is 0 Å². The first kappa shape index (κ1) is 17.1. The van der Waals surface area contributed by atoms with Crippen molar-refractivity contribution in [1.82, 2.24) is 4.90 Å². The van der Waals surface area contributed by atoms with Gasteiger partial charge in [0.2, 0.25) is 0 Å². The highest BCUT2D eigenvalue weighted by molar-refractivity contribution is 5.65. The minimum Gasteiger partial charge on any atom is -0.487 e. The zero-order chi connectivity index (χ0) is 17.5. The lowest BCUT2D eigenvalue weighted by Crippen LogP contribution is -2.47. The first-order chi connectivity index (χ1) is 12.2. The minimum atomic E-state index is -0.931. The van der Waals surface area contributed by atoms with E-state index >= 15 is 0 Å². The van der Waals surface area contributed by atoms with Gasteiger partial charge < -0.3 is 24.2 Å². The van der Waals surface area contributed by atoms with Crippen LogP contribution < -0.4 is 9.47 Å². The first-order valence-electron chi connectivity index (χ1n) is 8.20. The molecule has 25 heavy (non-hydrogen) atoms. The summed E-state index contributed by atoms with van der Waals surface area (Å²) < 4.78 is 17.3. The molecule has 1 N–H and O–H groups in total. The lowest BCUT2D eigenvalue weighted by atomic mass is 10.2. The number of carbonyl (C=O) groups is 1. The van der Waals surface area contributed by atoms with E-state index in [0.717, 1.165) is 5.56 Å². The van der Waals surface area contributed by atoms with Gasteiger partial charge in [0.05, 0.1) is 13.2 Å². The van der Waals surface area contributed by atoms with Gasteiger partial charge in [-0.15, -0.1) is 0 Å². The molecule has 0 aromatic heterocycles. The van der Waals surface area contributed by atoms with Crippen LogP contribution in [0.2, 0.25) is 0 Å². The van der Waals surface area contributed by atoms with Crippen LogP contribution in [0.25, 0.3) is 0 Å². The number of nitrogens with zero attached hydrogens (tertiary/aromatic N) is 1. The standard InChI is InChI=1S/C19H21NO5/c21-19(22)20-10-11-23-16(12-20)14-25-18-9-5-4-8-17(18)24-13-15-6-2-1-3-7-15/h1-9,16H,10-14H2,(H,21,22). The maximum Gasteiger partial charge on any atom is 0.407 e. The smallest absolute Gasteiger partial charge is 0.407 e. The molecule has 132 valence electrons. The van der Waals surface area contributed by atoms with E-state index in [4.69, 9.17) is 19.3 Å². The number of rotatable bonds is 6. The largest absolute Gasteiger partial charge is 0.487 e. The van der Waals surface area contributed by atoms with E-state index in [2.05, 4.69) is 0 Å². The molecule has 6 heteroatoms.